The number of carbonyl (C=O) groups is 2. The lowest BCUT2D eigenvalue weighted by molar-refractivity contribution is -0.142. The number of hydrogen-bond donors (Lipinski definition) is 1. The van der Waals surface area contributed by atoms with Gasteiger partial charge >= 0.3 is 0 Å². The topological polar surface area (TPSA) is 94.8 Å². The first-order valence-electron chi connectivity index (χ1n) is 8.48. The zero-order valence-corrected chi connectivity index (χ0v) is 14.6. The van der Waals surface area contributed by atoms with Crippen molar-refractivity contribution in [2.24, 2.45) is 5.73 Å². The van der Waals surface area contributed by atoms with E-state index in [1.807, 2.05) is 0 Å². The van der Waals surface area contributed by atoms with Crippen LogP contribution in [0.2, 0.25) is 0 Å². The highest BCUT2D eigenvalue weighted by Crippen LogP contribution is 2.25. The first-order chi connectivity index (χ1) is 13.0. The molecule has 27 heavy (non-hydrogen) atoms. The quantitative estimate of drug-likeness (QED) is 0.826. The van der Waals surface area contributed by atoms with Crippen LogP contribution in [0.5, 0.6) is 5.75 Å². The van der Waals surface area contributed by atoms with Crippen molar-refractivity contribution < 1.29 is 23.5 Å². The highest BCUT2D eigenvalue weighted by atomic mass is 19.1. The number of benzene rings is 1. The van der Waals surface area contributed by atoms with E-state index in [2.05, 4.69) is 4.98 Å². The lowest BCUT2D eigenvalue weighted by Gasteiger charge is -2.41. The van der Waals surface area contributed by atoms with Crippen molar-refractivity contribution >= 4 is 11.8 Å². The van der Waals surface area contributed by atoms with Crippen LogP contribution in [0.25, 0.3) is 0 Å². The number of ether oxygens (including phenoxy) is 2. The monoisotopic (exact) mass is 373 g/mol. The fraction of sp³-hybridized carbons (Fsp3) is 0.316. The van der Waals surface area contributed by atoms with Gasteiger partial charge in [-0.2, -0.15) is 0 Å². The molecule has 0 unspecified atom stereocenters. The Morgan fingerprint density at radius 2 is 2.04 bits per heavy atom. The van der Waals surface area contributed by atoms with E-state index in [1.54, 1.807) is 29.3 Å². The molecule has 3 rings (SSSR count). The number of rotatable bonds is 6. The number of nitrogens with zero attached hydrogens (tertiary/aromatic N) is 2. The molecule has 0 radical (unpaired) electrons. The lowest BCUT2D eigenvalue weighted by Crippen LogP contribution is -2.58. The third-order valence-electron chi connectivity index (χ3n) is 4.23. The van der Waals surface area contributed by atoms with Gasteiger partial charge in [-0.1, -0.05) is 6.07 Å². The SMILES string of the molecule is NC(=O)C[C@@]1(COc2ccc(F)cc2)CN(C(=O)c2ccccn2)CCO1. The van der Waals surface area contributed by atoms with E-state index in [-0.39, 0.29) is 37.9 Å². The third-order valence-corrected chi connectivity index (χ3v) is 4.23. The highest BCUT2D eigenvalue weighted by Gasteiger charge is 2.41. The molecule has 2 aromatic rings. The minimum atomic E-state index is -1.08. The fourth-order valence-corrected chi connectivity index (χ4v) is 2.98. The molecule has 1 aromatic heterocycles. The van der Waals surface area contributed by atoms with Crippen molar-refractivity contribution in [3.63, 3.8) is 0 Å². The zero-order valence-electron chi connectivity index (χ0n) is 14.6. The normalized spacial score (nSPS) is 19.5. The van der Waals surface area contributed by atoms with E-state index in [9.17, 15) is 14.0 Å². The van der Waals surface area contributed by atoms with Crippen LogP contribution in [-0.2, 0) is 9.53 Å². The Balaban J connectivity index is 1.75. The lowest BCUT2D eigenvalue weighted by atomic mass is 9.97. The summed E-state index contributed by atoms with van der Waals surface area (Å²) in [5, 5.41) is 0. The van der Waals surface area contributed by atoms with Crippen molar-refractivity contribution in [2.45, 2.75) is 12.0 Å². The molecule has 0 aliphatic carbocycles. The third kappa shape index (κ3) is 4.79. The molecule has 1 fully saturated rings. The molecule has 7 nitrogen and oxygen atoms in total. The Morgan fingerprint density at radius 3 is 2.70 bits per heavy atom. The largest absolute Gasteiger partial charge is 0.490 e. The van der Waals surface area contributed by atoms with Crippen LogP contribution in [0.15, 0.2) is 48.7 Å². The Kier molecular flexibility index (Phi) is 5.66. The Hall–Kier alpha value is -3.00. The van der Waals surface area contributed by atoms with Gasteiger partial charge in [-0.3, -0.25) is 14.6 Å². The summed E-state index contributed by atoms with van der Waals surface area (Å²) >= 11 is 0. The summed E-state index contributed by atoms with van der Waals surface area (Å²) in [6.07, 6.45) is 1.43. The molecule has 1 aromatic carbocycles. The molecule has 0 saturated carbocycles. The van der Waals surface area contributed by atoms with Crippen LogP contribution in [0.1, 0.15) is 16.9 Å². The molecular formula is C19H20FN3O4. The summed E-state index contributed by atoms with van der Waals surface area (Å²) in [7, 11) is 0. The summed E-state index contributed by atoms with van der Waals surface area (Å²) < 4.78 is 24.5. The van der Waals surface area contributed by atoms with Crippen molar-refractivity contribution in [3.8, 4) is 5.75 Å². The minimum Gasteiger partial charge on any atom is -0.490 e. The van der Waals surface area contributed by atoms with E-state index >= 15 is 0 Å². The van der Waals surface area contributed by atoms with Crippen molar-refractivity contribution in [3.05, 3.63) is 60.2 Å². The van der Waals surface area contributed by atoms with Gasteiger partial charge in [0.05, 0.1) is 19.6 Å². The molecule has 142 valence electrons. The zero-order chi connectivity index (χ0) is 19.3. The molecule has 8 heteroatoms. The second-order valence-electron chi connectivity index (χ2n) is 6.36. The predicted molar refractivity (Wildman–Crippen MR) is 94.5 cm³/mol. The first-order valence-corrected chi connectivity index (χ1v) is 8.48. The van der Waals surface area contributed by atoms with Gasteiger partial charge in [-0.15, -0.1) is 0 Å². The number of aromatic nitrogens is 1. The Bertz CT molecular complexity index is 800. The maximum atomic E-state index is 13.0. The van der Waals surface area contributed by atoms with Crippen LogP contribution >= 0.6 is 0 Å². The van der Waals surface area contributed by atoms with Gasteiger partial charge < -0.3 is 20.1 Å². The summed E-state index contributed by atoms with van der Waals surface area (Å²) in [6.45, 7) is 0.727. The summed E-state index contributed by atoms with van der Waals surface area (Å²) in [5.41, 5.74) is 4.62. The molecule has 1 aliphatic rings. The molecule has 1 atom stereocenters. The molecule has 2 N–H and O–H groups in total. The van der Waals surface area contributed by atoms with Crippen LogP contribution in [0, 0.1) is 5.82 Å². The van der Waals surface area contributed by atoms with E-state index in [0.717, 1.165) is 0 Å². The van der Waals surface area contributed by atoms with E-state index in [0.29, 0.717) is 18.0 Å². The van der Waals surface area contributed by atoms with Gasteiger partial charge in [0.2, 0.25) is 5.91 Å². The Labute approximate surface area is 155 Å². The number of halogens is 1. The molecule has 0 spiro atoms. The van der Waals surface area contributed by atoms with Gasteiger partial charge in [0.25, 0.3) is 5.91 Å². The number of amides is 2. The van der Waals surface area contributed by atoms with Gasteiger partial charge in [-0.25, -0.2) is 4.39 Å². The van der Waals surface area contributed by atoms with E-state index in [1.165, 1.54) is 24.3 Å². The number of nitrogens with two attached hydrogens (primary N) is 1. The molecule has 2 heterocycles. The van der Waals surface area contributed by atoms with Crippen LogP contribution in [-0.4, -0.2) is 53.6 Å². The number of morpholine rings is 1. The maximum Gasteiger partial charge on any atom is 0.272 e. The molecule has 0 bridgehead atoms. The van der Waals surface area contributed by atoms with Gasteiger partial charge in [0.15, 0.2) is 0 Å². The summed E-state index contributed by atoms with van der Waals surface area (Å²) in [6, 6.07) is 10.6. The smallest absolute Gasteiger partial charge is 0.272 e. The molecule has 1 saturated heterocycles. The number of hydrogen-bond acceptors (Lipinski definition) is 5. The van der Waals surface area contributed by atoms with Crippen LogP contribution < -0.4 is 10.5 Å². The second kappa shape index (κ2) is 8.13. The van der Waals surface area contributed by atoms with Gasteiger partial charge in [-0.05, 0) is 36.4 Å². The van der Waals surface area contributed by atoms with Crippen molar-refractivity contribution in [1.29, 1.82) is 0 Å². The first kappa shape index (κ1) is 18.8. The van der Waals surface area contributed by atoms with Gasteiger partial charge in [0, 0.05) is 12.7 Å². The van der Waals surface area contributed by atoms with Crippen molar-refractivity contribution in [1.82, 2.24) is 9.88 Å². The van der Waals surface area contributed by atoms with E-state index < -0.39 is 11.5 Å². The number of carbonyl (C=O) groups excluding carboxylic acids is 2. The maximum absolute atomic E-state index is 13.0. The van der Waals surface area contributed by atoms with Crippen LogP contribution in [0.3, 0.4) is 0 Å². The average Bonchev–Trinajstić information content (AvgIpc) is 2.67. The molecule has 2 amide bonds. The molecular weight excluding hydrogens is 353 g/mol. The fourth-order valence-electron chi connectivity index (χ4n) is 2.98. The predicted octanol–water partition coefficient (Wildman–Crippen LogP) is 1.39. The van der Waals surface area contributed by atoms with Crippen LogP contribution in [0.4, 0.5) is 4.39 Å². The second-order valence-corrected chi connectivity index (χ2v) is 6.36. The average molecular weight is 373 g/mol. The number of pyridine rings is 1. The van der Waals surface area contributed by atoms with Crippen molar-refractivity contribution in [2.75, 3.05) is 26.3 Å². The Morgan fingerprint density at radius 1 is 1.26 bits per heavy atom. The van der Waals surface area contributed by atoms with E-state index in [4.69, 9.17) is 15.2 Å². The highest BCUT2D eigenvalue weighted by molar-refractivity contribution is 5.92. The standard InChI is InChI=1S/C19H20FN3O4/c20-14-4-6-15(7-5-14)26-13-19(11-17(21)24)12-23(9-10-27-19)18(25)16-3-1-2-8-22-16/h1-8H,9-13H2,(H2,21,24)/t19-/m0/s1. The molecule has 1 aliphatic heterocycles. The number of primary amides is 1. The summed E-state index contributed by atoms with van der Waals surface area (Å²) in [4.78, 5) is 29.9. The minimum absolute atomic E-state index is 0.00638. The van der Waals surface area contributed by atoms with Gasteiger partial charge in [0.1, 0.15) is 29.5 Å². The summed E-state index contributed by atoms with van der Waals surface area (Å²) in [5.74, 6) is -0.772.